The molecule has 2 amide bonds. The van der Waals surface area contributed by atoms with Gasteiger partial charge >= 0.3 is 0 Å². The molecule has 1 N–H and O–H groups in total. The van der Waals surface area contributed by atoms with Crippen molar-refractivity contribution < 1.29 is 14.3 Å². The predicted octanol–water partition coefficient (Wildman–Crippen LogP) is 2.43. The van der Waals surface area contributed by atoms with Gasteiger partial charge in [0, 0.05) is 20.6 Å². The maximum Gasteiger partial charge on any atom is 0.240 e. The number of nitrogens with zero attached hydrogens (tertiary/aromatic N) is 3. The molecule has 3 rings (SSSR count). The molecule has 1 aromatic carbocycles. The second kappa shape index (κ2) is 8.67. The number of ether oxygens (including phenoxy) is 1. The first-order valence-corrected chi connectivity index (χ1v) is 10.0. The second-order valence-corrected chi connectivity index (χ2v) is 7.97. The van der Waals surface area contributed by atoms with Crippen molar-refractivity contribution in [2.75, 3.05) is 45.7 Å². The van der Waals surface area contributed by atoms with Crippen LogP contribution < -0.4 is 10.1 Å². The van der Waals surface area contributed by atoms with Crippen LogP contribution in [-0.2, 0) is 9.59 Å². The van der Waals surface area contributed by atoms with Gasteiger partial charge in [0.25, 0.3) is 0 Å². The van der Waals surface area contributed by atoms with E-state index in [1.165, 1.54) is 11.3 Å². The lowest BCUT2D eigenvalue weighted by molar-refractivity contribution is -0.135. The number of aromatic nitrogens is 1. The molecule has 0 spiro atoms. The van der Waals surface area contributed by atoms with Gasteiger partial charge in [-0.25, -0.2) is 4.98 Å². The highest BCUT2D eigenvalue weighted by molar-refractivity contribution is 7.22. The van der Waals surface area contributed by atoms with E-state index in [2.05, 4.69) is 10.3 Å². The van der Waals surface area contributed by atoms with Crippen LogP contribution in [0.4, 0.5) is 5.13 Å². The molecule has 2 aromatic rings. The van der Waals surface area contributed by atoms with Crippen molar-refractivity contribution in [3.05, 3.63) is 18.2 Å². The number of anilines is 1. The van der Waals surface area contributed by atoms with Crippen molar-refractivity contribution in [1.29, 1.82) is 0 Å². The van der Waals surface area contributed by atoms with Crippen LogP contribution in [0.5, 0.6) is 5.75 Å². The first kappa shape index (κ1) is 19.6. The normalized spacial score (nSPS) is 17.7. The van der Waals surface area contributed by atoms with Crippen LogP contribution in [0, 0.1) is 5.92 Å². The van der Waals surface area contributed by atoms with Crippen LogP contribution in [0.2, 0.25) is 0 Å². The molecular formula is C19H26N4O3S. The van der Waals surface area contributed by atoms with E-state index in [-0.39, 0.29) is 24.3 Å². The third-order valence-electron chi connectivity index (χ3n) is 4.58. The number of fused-ring (bicyclic) bond motifs is 1. The number of amides is 2. The van der Waals surface area contributed by atoms with Crippen molar-refractivity contribution in [2.45, 2.75) is 19.8 Å². The van der Waals surface area contributed by atoms with E-state index in [0.29, 0.717) is 18.3 Å². The number of carbonyl (C=O) groups is 2. The Morgan fingerprint density at radius 1 is 1.41 bits per heavy atom. The highest BCUT2D eigenvalue weighted by atomic mass is 32.1. The zero-order valence-corrected chi connectivity index (χ0v) is 16.8. The van der Waals surface area contributed by atoms with E-state index in [1.807, 2.05) is 30.0 Å². The van der Waals surface area contributed by atoms with Gasteiger partial charge in [-0.3, -0.25) is 14.5 Å². The molecule has 1 aromatic heterocycles. The van der Waals surface area contributed by atoms with E-state index >= 15 is 0 Å². The minimum Gasteiger partial charge on any atom is -0.494 e. The maximum absolute atomic E-state index is 12.4. The van der Waals surface area contributed by atoms with Gasteiger partial charge in [0.15, 0.2) is 5.13 Å². The molecule has 1 saturated heterocycles. The van der Waals surface area contributed by atoms with Crippen molar-refractivity contribution in [1.82, 2.24) is 14.8 Å². The Labute approximate surface area is 163 Å². The largest absolute Gasteiger partial charge is 0.494 e. The summed E-state index contributed by atoms with van der Waals surface area (Å²) in [4.78, 5) is 32.7. The number of likely N-dealkylation sites (tertiary alicyclic amines) is 1. The fourth-order valence-corrected chi connectivity index (χ4v) is 4.25. The molecule has 27 heavy (non-hydrogen) atoms. The van der Waals surface area contributed by atoms with Gasteiger partial charge in [-0.1, -0.05) is 11.3 Å². The monoisotopic (exact) mass is 390 g/mol. The van der Waals surface area contributed by atoms with E-state index in [9.17, 15) is 9.59 Å². The Hall–Kier alpha value is -2.19. The molecule has 146 valence electrons. The molecular weight excluding hydrogens is 364 g/mol. The number of thiazole rings is 1. The Bertz CT molecular complexity index is 820. The summed E-state index contributed by atoms with van der Waals surface area (Å²) in [7, 11) is 3.55. The predicted molar refractivity (Wildman–Crippen MR) is 107 cm³/mol. The number of carbonyl (C=O) groups excluding carboxylic acids is 2. The van der Waals surface area contributed by atoms with Crippen molar-refractivity contribution >= 4 is 38.5 Å². The van der Waals surface area contributed by atoms with Gasteiger partial charge in [0.1, 0.15) is 5.75 Å². The lowest BCUT2D eigenvalue weighted by Gasteiger charge is -2.32. The zero-order chi connectivity index (χ0) is 19.4. The number of nitrogens with one attached hydrogen (secondary N) is 1. The van der Waals surface area contributed by atoms with E-state index < -0.39 is 0 Å². The molecule has 1 aliphatic rings. The van der Waals surface area contributed by atoms with E-state index in [1.54, 1.807) is 19.0 Å². The van der Waals surface area contributed by atoms with Crippen molar-refractivity contribution in [3.8, 4) is 5.75 Å². The summed E-state index contributed by atoms with van der Waals surface area (Å²) in [5, 5.41) is 3.47. The molecule has 0 bridgehead atoms. The number of hydrogen-bond acceptors (Lipinski definition) is 6. The van der Waals surface area contributed by atoms with Gasteiger partial charge < -0.3 is 15.0 Å². The first-order valence-electron chi connectivity index (χ1n) is 9.23. The summed E-state index contributed by atoms with van der Waals surface area (Å²) < 4.78 is 6.48. The Morgan fingerprint density at radius 2 is 2.22 bits per heavy atom. The standard InChI is InChI=1S/C19H26N4O3S/c1-4-26-14-7-8-15-16(10-14)27-19(20-15)21-17(24)12-23-9-5-6-13(11-23)18(25)22(2)3/h7-8,10,13H,4-6,9,11-12H2,1-3H3,(H,20,21,24). The average Bonchev–Trinajstić information content (AvgIpc) is 3.02. The summed E-state index contributed by atoms with van der Waals surface area (Å²) in [6, 6.07) is 5.72. The van der Waals surface area contributed by atoms with Gasteiger partial charge in [0.05, 0.1) is 29.3 Å². The number of benzene rings is 1. The van der Waals surface area contributed by atoms with Gasteiger partial charge in [-0.15, -0.1) is 0 Å². The van der Waals surface area contributed by atoms with Crippen LogP contribution in [0.15, 0.2) is 18.2 Å². The molecule has 0 saturated carbocycles. The lowest BCUT2D eigenvalue weighted by Crippen LogP contribution is -2.45. The minimum absolute atomic E-state index is 0.0269. The van der Waals surface area contributed by atoms with Crippen LogP contribution >= 0.6 is 11.3 Å². The summed E-state index contributed by atoms with van der Waals surface area (Å²) in [6.45, 7) is 4.29. The topological polar surface area (TPSA) is 74.8 Å². The van der Waals surface area contributed by atoms with Crippen LogP contribution in [0.3, 0.4) is 0 Å². The Balaban J connectivity index is 1.58. The van der Waals surface area contributed by atoms with Gasteiger partial charge in [-0.05, 0) is 44.5 Å². The molecule has 8 heteroatoms. The van der Waals surface area contributed by atoms with Crippen LogP contribution in [-0.4, -0.2) is 66.9 Å². The van der Waals surface area contributed by atoms with Crippen molar-refractivity contribution in [3.63, 3.8) is 0 Å². The average molecular weight is 391 g/mol. The molecule has 0 radical (unpaired) electrons. The first-order chi connectivity index (χ1) is 13.0. The smallest absolute Gasteiger partial charge is 0.240 e. The fourth-order valence-electron chi connectivity index (χ4n) is 3.34. The molecule has 0 aliphatic carbocycles. The van der Waals surface area contributed by atoms with E-state index in [0.717, 1.165) is 35.4 Å². The van der Waals surface area contributed by atoms with Crippen molar-refractivity contribution in [2.24, 2.45) is 5.92 Å². The zero-order valence-electron chi connectivity index (χ0n) is 16.0. The van der Waals surface area contributed by atoms with Gasteiger partial charge in [-0.2, -0.15) is 0 Å². The quantitative estimate of drug-likeness (QED) is 0.820. The lowest BCUT2D eigenvalue weighted by atomic mass is 9.97. The molecule has 1 atom stereocenters. The van der Waals surface area contributed by atoms with Crippen LogP contribution in [0.1, 0.15) is 19.8 Å². The highest BCUT2D eigenvalue weighted by Gasteiger charge is 2.27. The molecule has 7 nitrogen and oxygen atoms in total. The number of piperidine rings is 1. The maximum atomic E-state index is 12.4. The van der Waals surface area contributed by atoms with E-state index in [4.69, 9.17) is 4.74 Å². The number of hydrogen-bond donors (Lipinski definition) is 1. The SMILES string of the molecule is CCOc1ccc2nc(NC(=O)CN3CCCC(C(=O)N(C)C)C3)sc2c1. The third kappa shape index (κ3) is 4.95. The molecule has 1 aliphatic heterocycles. The number of rotatable bonds is 6. The Morgan fingerprint density at radius 3 is 2.96 bits per heavy atom. The second-order valence-electron chi connectivity index (χ2n) is 6.94. The third-order valence-corrected chi connectivity index (χ3v) is 5.51. The summed E-state index contributed by atoms with van der Waals surface area (Å²) >= 11 is 1.43. The van der Waals surface area contributed by atoms with Crippen LogP contribution in [0.25, 0.3) is 10.2 Å². The summed E-state index contributed by atoms with van der Waals surface area (Å²) in [6.07, 6.45) is 1.81. The molecule has 2 heterocycles. The fraction of sp³-hybridized carbons (Fsp3) is 0.526. The molecule has 1 unspecified atom stereocenters. The molecule has 1 fully saturated rings. The minimum atomic E-state index is -0.1000. The summed E-state index contributed by atoms with van der Waals surface area (Å²) in [5.41, 5.74) is 0.841. The highest BCUT2D eigenvalue weighted by Crippen LogP contribution is 2.29. The summed E-state index contributed by atoms with van der Waals surface area (Å²) in [5.74, 6) is 0.811. The van der Waals surface area contributed by atoms with Gasteiger partial charge in [0.2, 0.25) is 11.8 Å². The Kier molecular flexibility index (Phi) is 6.28.